The summed E-state index contributed by atoms with van der Waals surface area (Å²) in [5.41, 5.74) is 0. The van der Waals surface area contributed by atoms with Crippen LogP contribution in [-0.4, -0.2) is 24.5 Å². The minimum atomic E-state index is -0.194. The van der Waals surface area contributed by atoms with E-state index in [0.29, 0.717) is 11.8 Å². The lowest BCUT2D eigenvalue weighted by atomic mass is 9.94. The Balaban J connectivity index is 1.39. The van der Waals surface area contributed by atoms with Crippen LogP contribution in [0.25, 0.3) is 0 Å². The highest BCUT2D eigenvalue weighted by molar-refractivity contribution is 5.81. The predicted octanol–water partition coefficient (Wildman–Crippen LogP) is 2.19. The molecule has 3 unspecified atom stereocenters. The van der Waals surface area contributed by atoms with Crippen molar-refractivity contribution in [2.24, 2.45) is 17.8 Å². The first kappa shape index (κ1) is 13.7. The van der Waals surface area contributed by atoms with E-state index in [1.807, 2.05) is 0 Å². The van der Waals surface area contributed by atoms with Gasteiger partial charge in [0, 0.05) is 6.04 Å². The summed E-state index contributed by atoms with van der Waals surface area (Å²) in [6.07, 6.45) is 12.0. The molecule has 2 saturated carbocycles. The third-order valence-corrected chi connectivity index (χ3v) is 4.90. The quantitative estimate of drug-likeness (QED) is 0.633. The zero-order valence-corrected chi connectivity index (χ0v) is 11.8. The van der Waals surface area contributed by atoms with Gasteiger partial charge in [0.2, 0.25) is 0 Å². The Morgan fingerprint density at radius 3 is 2.55 bits per heavy atom. The highest BCUT2D eigenvalue weighted by Gasteiger charge is 2.40. The van der Waals surface area contributed by atoms with Gasteiger partial charge in [0.15, 0.2) is 6.61 Å². The fraction of sp³-hybridized carbons (Fsp3) is 0.750. The fourth-order valence-electron chi connectivity index (χ4n) is 3.81. The molecule has 0 spiro atoms. The molecule has 0 aliphatic heterocycles. The second-order valence-electron chi connectivity index (χ2n) is 6.40. The summed E-state index contributed by atoms with van der Waals surface area (Å²) < 4.78 is 5.20. The summed E-state index contributed by atoms with van der Waals surface area (Å²) in [5.74, 6) is 0.527. The van der Waals surface area contributed by atoms with Crippen LogP contribution < -0.4 is 5.32 Å². The lowest BCUT2D eigenvalue weighted by Crippen LogP contribution is -2.39. The minimum absolute atomic E-state index is 0.0209. The number of ether oxygens (including phenoxy) is 1. The number of allylic oxidation sites excluding steroid dienone is 2. The predicted molar refractivity (Wildman–Crippen MR) is 74.8 cm³/mol. The Morgan fingerprint density at radius 1 is 1.10 bits per heavy atom. The number of esters is 1. The number of hydrogen-bond acceptors (Lipinski definition) is 3. The van der Waals surface area contributed by atoms with E-state index in [0.717, 1.165) is 25.7 Å². The van der Waals surface area contributed by atoms with E-state index in [4.69, 9.17) is 4.74 Å². The van der Waals surface area contributed by atoms with Gasteiger partial charge in [-0.1, -0.05) is 31.4 Å². The molecule has 0 saturated heterocycles. The average molecular weight is 277 g/mol. The van der Waals surface area contributed by atoms with E-state index in [-0.39, 0.29) is 30.4 Å². The molecule has 0 heterocycles. The van der Waals surface area contributed by atoms with Crippen LogP contribution in [0.1, 0.15) is 44.9 Å². The normalized spacial score (nSPS) is 32.3. The second-order valence-corrected chi connectivity index (χ2v) is 6.40. The molecule has 4 heteroatoms. The van der Waals surface area contributed by atoms with E-state index in [9.17, 15) is 9.59 Å². The fourth-order valence-corrected chi connectivity index (χ4v) is 3.81. The maximum absolute atomic E-state index is 12.0. The number of carbonyl (C=O) groups is 2. The zero-order chi connectivity index (χ0) is 13.9. The number of hydrogen-bond donors (Lipinski definition) is 1. The number of nitrogens with one attached hydrogen (secondary N) is 1. The summed E-state index contributed by atoms with van der Waals surface area (Å²) in [6.45, 7) is -0.118. The lowest BCUT2D eigenvalue weighted by Gasteiger charge is -2.23. The van der Waals surface area contributed by atoms with Crippen molar-refractivity contribution in [1.29, 1.82) is 0 Å². The van der Waals surface area contributed by atoms with E-state index in [1.165, 1.54) is 19.3 Å². The van der Waals surface area contributed by atoms with Crippen molar-refractivity contribution in [3.05, 3.63) is 12.2 Å². The average Bonchev–Trinajstić information content (AvgIpc) is 3.08. The molecule has 2 fully saturated rings. The first-order valence-corrected chi connectivity index (χ1v) is 7.86. The highest BCUT2D eigenvalue weighted by atomic mass is 16.5. The number of carbonyl (C=O) groups excluding carboxylic acids is 2. The number of rotatable bonds is 4. The van der Waals surface area contributed by atoms with Gasteiger partial charge < -0.3 is 10.1 Å². The first-order chi connectivity index (χ1) is 9.72. The molecule has 0 aromatic rings. The van der Waals surface area contributed by atoms with Gasteiger partial charge in [-0.05, 0) is 37.5 Å². The van der Waals surface area contributed by atoms with E-state index < -0.39 is 0 Å². The number of amides is 1. The van der Waals surface area contributed by atoms with Gasteiger partial charge >= 0.3 is 5.97 Å². The van der Waals surface area contributed by atoms with Crippen molar-refractivity contribution in [2.75, 3.05) is 6.61 Å². The van der Waals surface area contributed by atoms with Crippen molar-refractivity contribution in [2.45, 2.75) is 51.0 Å². The van der Waals surface area contributed by atoms with Gasteiger partial charge in [-0.25, -0.2) is 0 Å². The summed E-state index contributed by atoms with van der Waals surface area (Å²) in [6, 6.07) is 0.278. The van der Waals surface area contributed by atoms with Crippen LogP contribution in [0.2, 0.25) is 0 Å². The van der Waals surface area contributed by atoms with Crippen LogP contribution in [0.5, 0.6) is 0 Å². The molecule has 4 nitrogen and oxygen atoms in total. The van der Waals surface area contributed by atoms with Gasteiger partial charge in [-0.15, -0.1) is 0 Å². The maximum atomic E-state index is 12.0. The molecule has 2 bridgehead atoms. The van der Waals surface area contributed by atoms with Crippen molar-refractivity contribution in [1.82, 2.24) is 5.32 Å². The first-order valence-electron chi connectivity index (χ1n) is 7.86. The Hall–Kier alpha value is -1.32. The van der Waals surface area contributed by atoms with Gasteiger partial charge in [0.05, 0.1) is 5.92 Å². The highest BCUT2D eigenvalue weighted by Crippen LogP contribution is 2.43. The standard InChI is InChI=1S/C16H23NO3/c18-15(17-13-4-2-1-3-5-13)10-20-16(19)14-9-11-6-7-12(14)8-11/h6-7,11-14H,1-5,8-10H2,(H,17,18). The van der Waals surface area contributed by atoms with Crippen LogP contribution in [0.3, 0.4) is 0 Å². The molecule has 0 radical (unpaired) electrons. The van der Waals surface area contributed by atoms with E-state index >= 15 is 0 Å². The SMILES string of the molecule is O=C(COC(=O)C1CC2C=CC1C2)NC1CCCCC1. The minimum Gasteiger partial charge on any atom is -0.455 e. The molecule has 3 aliphatic rings. The van der Waals surface area contributed by atoms with Gasteiger partial charge in [0.25, 0.3) is 5.91 Å². The summed E-state index contributed by atoms with van der Waals surface area (Å²) in [5, 5.41) is 2.97. The molecule has 0 aromatic carbocycles. The third-order valence-electron chi connectivity index (χ3n) is 4.90. The smallest absolute Gasteiger partial charge is 0.310 e. The maximum Gasteiger partial charge on any atom is 0.310 e. The van der Waals surface area contributed by atoms with Crippen LogP contribution in [0, 0.1) is 17.8 Å². The Morgan fingerprint density at radius 2 is 1.90 bits per heavy atom. The van der Waals surface area contributed by atoms with Crippen LogP contribution in [-0.2, 0) is 14.3 Å². The molecular formula is C16H23NO3. The Labute approximate surface area is 119 Å². The molecule has 20 heavy (non-hydrogen) atoms. The monoisotopic (exact) mass is 277 g/mol. The lowest BCUT2D eigenvalue weighted by molar-refractivity contribution is -0.153. The molecule has 3 atom stereocenters. The van der Waals surface area contributed by atoms with E-state index in [2.05, 4.69) is 17.5 Å². The largest absolute Gasteiger partial charge is 0.455 e. The van der Waals surface area contributed by atoms with Crippen molar-refractivity contribution >= 4 is 11.9 Å². The molecule has 1 N–H and O–H groups in total. The van der Waals surface area contributed by atoms with Crippen molar-refractivity contribution < 1.29 is 14.3 Å². The zero-order valence-electron chi connectivity index (χ0n) is 11.8. The Kier molecular flexibility index (Phi) is 4.08. The molecule has 110 valence electrons. The molecule has 3 rings (SSSR count). The van der Waals surface area contributed by atoms with Crippen LogP contribution in [0.15, 0.2) is 12.2 Å². The van der Waals surface area contributed by atoms with Crippen molar-refractivity contribution in [3.63, 3.8) is 0 Å². The Bertz CT molecular complexity index is 412. The third kappa shape index (κ3) is 3.05. The van der Waals surface area contributed by atoms with Gasteiger partial charge in [0.1, 0.15) is 0 Å². The van der Waals surface area contributed by atoms with Gasteiger partial charge in [-0.2, -0.15) is 0 Å². The molecule has 0 aromatic heterocycles. The van der Waals surface area contributed by atoms with E-state index in [1.54, 1.807) is 0 Å². The number of fused-ring (bicyclic) bond motifs is 2. The van der Waals surface area contributed by atoms with Crippen LogP contribution in [0.4, 0.5) is 0 Å². The second kappa shape index (κ2) is 5.98. The topological polar surface area (TPSA) is 55.4 Å². The summed E-state index contributed by atoms with van der Waals surface area (Å²) in [7, 11) is 0. The van der Waals surface area contributed by atoms with Crippen LogP contribution >= 0.6 is 0 Å². The molecular weight excluding hydrogens is 254 g/mol. The van der Waals surface area contributed by atoms with Crippen molar-refractivity contribution in [3.8, 4) is 0 Å². The summed E-state index contributed by atoms with van der Waals surface area (Å²) in [4.78, 5) is 23.8. The molecule has 1 amide bonds. The van der Waals surface area contributed by atoms with Gasteiger partial charge in [-0.3, -0.25) is 9.59 Å². The molecule has 3 aliphatic carbocycles. The summed E-state index contributed by atoms with van der Waals surface area (Å²) >= 11 is 0.